The zero-order valence-corrected chi connectivity index (χ0v) is 11.7. The predicted octanol–water partition coefficient (Wildman–Crippen LogP) is 0.858. The molecule has 0 unspecified atom stereocenters. The van der Waals surface area contributed by atoms with E-state index in [1.165, 1.54) is 30.5 Å². The van der Waals surface area contributed by atoms with Crippen LogP contribution in [0, 0.1) is 11.2 Å². The Balaban J connectivity index is 2.09. The summed E-state index contributed by atoms with van der Waals surface area (Å²) in [5.74, 6) is -0.256. The van der Waals surface area contributed by atoms with E-state index in [9.17, 15) is 12.8 Å². The molecule has 1 N–H and O–H groups in total. The Morgan fingerprint density at radius 3 is 2.74 bits per heavy atom. The largest absolute Gasteiger partial charge is 0.351 e. The van der Waals surface area contributed by atoms with Gasteiger partial charge in [0.25, 0.3) is 0 Å². The first-order chi connectivity index (χ1) is 8.81. The van der Waals surface area contributed by atoms with Crippen molar-refractivity contribution in [2.75, 3.05) is 26.4 Å². The highest BCUT2D eigenvalue weighted by molar-refractivity contribution is 7.89. The van der Waals surface area contributed by atoms with E-state index >= 15 is 0 Å². The third-order valence-electron chi connectivity index (χ3n) is 3.18. The number of fused-ring (bicyclic) bond motifs is 1. The summed E-state index contributed by atoms with van der Waals surface area (Å²) >= 11 is 0. The third kappa shape index (κ3) is 2.76. The molecular formula is C12H16FN3O2S. The molecule has 7 heteroatoms. The molecule has 0 spiro atoms. The standard InChI is InChI=1S/C12H16FN3O2S/c1-15(2)19(17,18)6-5-16-8-9-3-4-10(13)7-11(9)12(16)14/h3-4,7,14H,5-6,8H2,1-2H3. The van der Waals surface area contributed by atoms with Crippen molar-refractivity contribution in [2.45, 2.75) is 6.54 Å². The van der Waals surface area contributed by atoms with Crippen LogP contribution < -0.4 is 0 Å². The van der Waals surface area contributed by atoms with Gasteiger partial charge in [-0.15, -0.1) is 0 Å². The number of amidine groups is 1. The highest BCUT2D eigenvalue weighted by Crippen LogP contribution is 2.23. The van der Waals surface area contributed by atoms with E-state index in [1.807, 2.05) is 0 Å². The van der Waals surface area contributed by atoms with Gasteiger partial charge in [0.1, 0.15) is 11.7 Å². The maximum absolute atomic E-state index is 13.1. The molecule has 2 rings (SSSR count). The molecule has 1 heterocycles. The van der Waals surface area contributed by atoms with Gasteiger partial charge in [-0.05, 0) is 17.7 Å². The van der Waals surface area contributed by atoms with Crippen molar-refractivity contribution in [2.24, 2.45) is 0 Å². The molecule has 19 heavy (non-hydrogen) atoms. The summed E-state index contributed by atoms with van der Waals surface area (Å²) in [6, 6.07) is 4.31. The highest BCUT2D eigenvalue weighted by atomic mass is 32.2. The Hall–Kier alpha value is -1.47. The van der Waals surface area contributed by atoms with E-state index in [2.05, 4.69) is 0 Å². The lowest BCUT2D eigenvalue weighted by molar-refractivity contribution is 0.442. The molecule has 1 aliphatic heterocycles. The predicted molar refractivity (Wildman–Crippen MR) is 71.1 cm³/mol. The lowest BCUT2D eigenvalue weighted by Gasteiger charge is -2.19. The van der Waals surface area contributed by atoms with Crippen LogP contribution >= 0.6 is 0 Å². The second-order valence-electron chi connectivity index (χ2n) is 4.67. The molecule has 1 aliphatic rings. The number of hydrogen-bond donors (Lipinski definition) is 1. The molecule has 0 fully saturated rings. The topological polar surface area (TPSA) is 64.5 Å². The number of rotatable bonds is 4. The van der Waals surface area contributed by atoms with E-state index in [1.54, 1.807) is 11.0 Å². The van der Waals surface area contributed by atoms with Crippen molar-refractivity contribution in [3.05, 3.63) is 35.1 Å². The van der Waals surface area contributed by atoms with E-state index in [0.29, 0.717) is 12.1 Å². The number of nitrogens with one attached hydrogen (secondary N) is 1. The molecule has 1 aromatic carbocycles. The van der Waals surface area contributed by atoms with Crippen molar-refractivity contribution in [3.8, 4) is 0 Å². The number of benzene rings is 1. The summed E-state index contributed by atoms with van der Waals surface area (Å²) in [6.07, 6.45) is 0. The van der Waals surface area contributed by atoms with Crippen molar-refractivity contribution >= 4 is 15.9 Å². The molecule has 0 saturated heterocycles. The Morgan fingerprint density at radius 2 is 2.11 bits per heavy atom. The van der Waals surface area contributed by atoms with E-state index in [-0.39, 0.29) is 24.0 Å². The minimum absolute atomic E-state index is 0.0567. The molecule has 0 bridgehead atoms. The fourth-order valence-corrected chi connectivity index (χ4v) is 2.78. The summed E-state index contributed by atoms with van der Waals surface area (Å²) in [5.41, 5.74) is 1.40. The van der Waals surface area contributed by atoms with Gasteiger partial charge in [0.05, 0.1) is 5.75 Å². The van der Waals surface area contributed by atoms with Crippen LogP contribution in [0.2, 0.25) is 0 Å². The van der Waals surface area contributed by atoms with E-state index in [0.717, 1.165) is 5.56 Å². The molecule has 5 nitrogen and oxygen atoms in total. The highest BCUT2D eigenvalue weighted by Gasteiger charge is 2.26. The van der Waals surface area contributed by atoms with Crippen LogP contribution in [-0.4, -0.2) is 49.9 Å². The smallest absolute Gasteiger partial charge is 0.215 e. The first kappa shape index (κ1) is 14.0. The average Bonchev–Trinajstić information content (AvgIpc) is 2.64. The Labute approximate surface area is 112 Å². The SMILES string of the molecule is CN(C)S(=O)(=O)CCN1Cc2ccc(F)cc2C1=N. The molecule has 0 radical (unpaired) electrons. The fourth-order valence-electron chi connectivity index (χ4n) is 1.96. The minimum atomic E-state index is -3.28. The van der Waals surface area contributed by atoms with Gasteiger partial charge in [-0.2, -0.15) is 0 Å². The number of nitrogens with zero attached hydrogens (tertiary/aromatic N) is 2. The fraction of sp³-hybridized carbons (Fsp3) is 0.417. The lowest BCUT2D eigenvalue weighted by atomic mass is 10.1. The Kier molecular flexibility index (Phi) is 3.60. The number of hydrogen-bond acceptors (Lipinski definition) is 3. The molecule has 0 aliphatic carbocycles. The maximum Gasteiger partial charge on any atom is 0.215 e. The minimum Gasteiger partial charge on any atom is -0.351 e. The first-order valence-electron chi connectivity index (χ1n) is 5.84. The van der Waals surface area contributed by atoms with Crippen LogP contribution in [0.5, 0.6) is 0 Å². The molecular weight excluding hydrogens is 269 g/mol. The quantitative estimate of drug-likeness (QED) is 0.892. The Morgan fingerprint density at radius 1 is 1.42 bits per heavy atom. The maximum atomic E-state index is 13.1. The zero-order valence-electron chi connectivity index (χ0n) is 10.9. The van der Waals surface area contributed by atoms with Crippen LogP contribution in [0.15, 0.2) is 18.2 Å². The van der Waals surface area contributed by atoms with Crippen molar-refractivity contribution in [1.82, 2.24) is 9.21 Å². The summed E-state index contributed by atoms with van der Waals surface area (Å²) in [6.45, 7) is 0.688. The molecule has 0 atom stereocenters. The third-order valence-corrected chi connectivity index (χ3v) is 4.99. The van der Waals surface area contributed by atoms with Gasteiger partial charge in [0.2, 0.25) is 10.0 Å². The number of halogens is 1. The van der Waals surface area contributed by atoms with Gasteiger partial charge in [-0.3, -0.25) is 5.41 Å². The normalized spacial score (nSPS) is 15.2. The summed E-state index contributed by atoms with van der Waals surface area (Å²) < 4.78 is 37.7. The molecule has 0 saturated carbocycles. The van der Waals surface area contributed by atoms with Crippen LogP contribution in [0.25, 0.3) is 0 Å². The van der Waals surface area contributed by atoms with Gasteiger partial charge >= 0.3 is 0 Å². The van der Waals surface area contributed by atoms with Crippen molar-refractivity contribution in [1.29, 1.82) is 5.41 Å². The van der Waals surface area contributed by atoms with E-state index in [4.69, 9.17) is 5.41 Å². The molecule has 0 aromatic heterocycles. The van der Waals surface area contributed by atoms with Crippen LogP contribution in [0.4, 0.5) is 4.39 Å². The van der Waals surface area contributed by atoms with Gasteiger partial charge in [0, 0.05) is 32.7 Å². The van der Waals surface area contributed by atoms with Gasteiger partial charge in [-0.1, -0.05) is 6.07 Å². The monoisotopic (exact) mass is 285 g/mol. The summed E-state index contributed by atoms with van der Waals surface area (Å²) in [7, 11) is -0.322. The van der Waals surface area contributed by atoms with Gasteiger partial charge in [-0.25, -0.2) is 17.1 Å². The molecule has 1 aromatic rings. The molecule has 0 amide bonds. The van der Waals surface area contributed by atoms with Crippen LogP contribution in [-0.2, 0) is 16.6 Å². The van der Waals surface area contributed by atoms with Crippen molar-refractivity contribution < 1.29 is 12.8 Å². The zero-order chi connectivity index (χ0) is 14.2. The van der Waals surface area contributed by atoms with E-state index < -0.39 is 10.0 Å². The second-order valence-corrected chi connectivity index (χ2v) is 6.97. The van der Waals surface area contributed by atoms with Gasteiger partial charge < -0.3 is 4.90 Å². The van der Waals surface area contributed by atoms with Crippen LogP contribution in [0.1, 0.15) is 11.1 Å². The molecule has 104 valence electrons. The summed E-state index contributed by atoms with van der Waals surface area (Å²) in [4.78, 5) is 1.64. The summed E-state index contributed by atoms with van der Waals surface area (Å²) in [5, 5.41) is 7.95. The second kappa shape index (κ2) is 4.90. The van der Waals surface area contributed by atoms with Crippen LogP contribution in [0.3, 0.4) is 0 Å². The number of sulfonamides is 1. The Bertz CT molecular complexity index is 613. The lowest BCUT2D eigenvalue weighted by Crippen LogP contribution is -2.34. The average molecular weight is 285 g/mol. The van der Waals surface area contributed by atoms with Crippen molar-refractivity contribution in [3.63, 3.8) is 0 Å². The van der Waals surface area contributed by atoms with Gasteiger partial charge in [0.15, 0.2) is 0 Å². The first-order valence-corrected chi connectivity index (χ1v) is 7.44.